The lowest BCUT2D eigenvalue weighted by molar-refractivity contribution is -0.132. The van der Waals surface area contributed by atoms with Gasteiger partial charge in [0.2, 0.25) is 5.91 Å². The van der Waals surface area contributed by atoms with Crippen LogP contribution in [0.25, 0.3) is 0 Å². The zero-order chi connectivity index (χ0) is 12.4. The second-order valence-electron chi connectivity index (χ2n) is 5.93. The van der Waals surface area contributed by atoms with E-state index in [0.717, 1.165) is 51.2 Å². The summed E-state index contributed by atoms with van der Waals surface area (Å²) in [6.45, 7) is 4.71. The second kappa shape index (κ2) is 5.57. The summed E-state index contributed by atoms with van der Waals surface area (Å²) in [5.41, 5.74) is 0. The van der Waals surface area contributed by atoms with Gasteiger partial charge in [-0.15, -0.1) is 0 Å². The standard InChI is InChI=1S/C14H25N3O/c18-14(16-10-7-15-8-11-16)6-9-17-12-2-1-3-13(17)5-4-12/h12-13,15H,1-11H2. The summed E-state index contributed by atoms with van der Waals surface area (Å²) in [7, 11) is 0. The number of hydrogen-bond acceptors (Lipinski definition) is 3. The average Bonchev–Trinajstić information content (AvgIpc) is 2.65. The van der Waals surface area contributed by atoms with Gasteiger partial charge in [-0.2, -0.15) is 0 Å². The Balaban J connectivity index is 1.47. The molecule has 3 saturated heterocycles. The highest BCUT2D eigenvalue weighted by Crippen LogP contribution is 2.35. The summed E-state index contributed by atoms with van der Waals surface area (Å²) >= 11 is 0. The molecule has 0 radical (unpaired) electrons. The monoisotopic (exact) mass is 251 g/mol. The fourth-order valence-corrected chi connectivity index (χ4v) is 3.89. The van der Waals surface area contributed by atoms with Gasteiger partial charge < -0.3 is 10.2 Å². The Kier molecular flexibility index (Phi) is 3.85. The highest BCUT2D eigenvalue weighted by molar-refractivity contribution is 5.76. The molecule has 0 spiro atoms. The van der Waals surface area contributed by atoms with Crippen molar-refractivity contribution in [3.8, 4) is 0 Å². The van der Waals surface area contributed by atoms with Crippen molar-refractivity contribution >= 4 is 5.91 Å². The minimum absolute atomic E-state index is 0.362. The maximum atomic E-state index is 12.1. The predicted molar refractivity (Wildman–Crippen MR) is 71.4 cm³/mol. The molecule has 102 valence electrons. The maximum Gasteiger partial charge on any atom is 0.223 e. The fourth-order valence-electron chi connectivity index (χ4n) is 3.89. The van der Waals surface area contributed by atoms with Gasteiger partial charge in [0.1, 0.15) is 0 Å². The number of hydrogen-bond donors (Lipinski definition) is 1. The molecule has 1 amide bonds. The van der Waals surface area contributed by atoms with E-state index < -0.39 is 0 Å². The van der Waals surface area contributed by atoms with Crippen LogP contribution in [0.2, 0.25) is 0 Å². The number of carbonyl (C=O) groups excluding carboxylic acids is 1. The van der Waals surface area contributed by atoms with E-state index in [-0.39, 0.29) is 0 Å². The number of fused-ring (bicyclic) bond motifs is 2. The number of rotatable bonds is 3. The first-order chi connectivity index (χ1) is 8.84. The van der Waals surface area contributed by atoms with Gasteiger partial charge in [0.05, 0.1) is 0 Å². The molecular formula is C14H25N3O. The van der Waals surface area contributed by atoms with Gasteiger partial charge in [-0.3, -0.25) is 9.69 Å². The summed E-state index contributed by atoms with van der Waals surface area (Å²) in [5, 5.41) is 3.29. The Hall–Kier alpha value is -0.610. The summed E-state index contributed by atoms with van der Waals surface area (Å²) in [5.74, 6) is 0.362. The zero-order valence-electron chi connectivity index (χ0n) is 11.2. The molecule has 3 heterocycles. The molecule has 3 fully saturated rings. The first kappa shape index (κ1) is 12.4. The third-order valence-electron chi connectivity index (χ3n) is 4.90. The highest BCUT2D eigenvalue weighted by atomic mass is 16.2. The molecule has 0 aromatic carbocycles. The van der Waals surface area contributed by atoms with Crippen molar-refractivity contribution in [1.29, 1.82) is 0 Å². The first-order valence-corrected chi connectivity index (χ1v) is 7.59. The Labute approximate surface area is 110 Å². The molecule has 3 aliphatic heterocycles. The average molecular weight is 251 g/mol. The Morgan fingerprint density at radius 1 is 1.06 bits per heavy atom. The van der Waals surface area contributed by atoms with E-state index in [0.29, 0.717) is 5.91 Å². The molecule has 0 aliphatic carbocycles. The van der Waals surface area contributed by atoms with E-state index in [9.17, 15) is 4.79 Å². The van der Waals surface area contributed by atoms with Gasteiger partial charge in [0, 0.05) is 51.2 Å². The van der Waals surface area contributed by atoms with Crippen LogP contribution in [0.4, 0.5) is 0 Å². The van der Waals surface area contributed by atoms with Crippen LogP contribution in [0, 0.1) is 0 Å². The smallest absolute Gasteiger partial charge is 0.223 e. The molecule has 0 aromatic heterocycles. The summed E-state index contributed by atoms with van der Waals surface area (Å²) in [6.07, 6.45) is 7.58. The molecule has 18 heavy (non-hydrogen) atoms. The topological polar surface area (TPSA) is 35.6 Å². The van der Waals surface area contributed by atoms with Crippen molar-refractivity contribution in [2.24, 2.45) is 0 Å². The SMILES string of the molecule is O=C(CCN1C2CCCC1CC2)N1CCNCC1. The van der Waals surface area contributed by atoms with E-state index >= 15 is 0 Å². The molecule has 3 rings (SSSR count). The Bertz CT molecular complexity index is 285. The normalized spacial score (nSPS) is 32.8. The van der Waals surface area contributed by atoms with Gasteiger partial charge in [0.25, 0.3) is 0 Å². The van der Waals surface area contributed by atoms with Gasteiger partial charge >= 0.3 is 0 Å². The van der Waals surface area contributed by atoms with Crippen molar-refractivity contribution in [3.63, 3.8) is 0 Å². The van der Waals surface area contributed by atoms with E-state index in [1.54, 1.807) is 0 Å². The molecule has 2 bridgehead atoms. The highest BCUT2D eigenvalue weighted by Gasteiger charge is 2.36. The lowest BCUT2D eigenvalue weighted by atomic mass is 10.0. The van der Waals surface area contributed by atoms with Crippen molar-refractivity contribution < 1.29 is 4.79 Å². The van der Waals surface area contributed by atoms with E-state index in [2.05, 4.69) is 10.2 Å². The minimum Gasteiger partial charge on any atom is -0.340 e. The summed E-state index contributed by atoms with van der Waals surface area (Å²) < 4.78 is 0. The number of carbonyl (C=O) groups is 1. The summed E-state index contributed by atoms with van der Waals surface area (Å²) in [6, 6.07) is 1.58. The van der Waals surface area contributed by atoms with Gasteiger partial charge in [-0.05, 0) is 25.7 Å². The Morgan fingerprint density at radius 2 is 1.72 bits per heavy atom. The van der Waals surface area contributed by atoms with Crippen LogP contribution in [0.3, 0.4) is 0 Å². The van der Waals surface area contributed by atoms with E-state index in [4.69, 9.17) is 0 Å². The van der Waals surface area contributed by atoms with E-state index in [1.165, 1.54) is 32.1 Å². The third-order valence-corrected chi connectivity index (χ3v) is 4.90. The number of nitrogens with zero attached hydrogens (tertiary/aromatic N) is 2. The molecule has 3 aliphatic rings. The quantitative estimate of drug-likeness (QED) is 0.807. The van der Waals surface area contributed by atoms with Gasteiger partial charge in [0.15, 0.2) is 0 Å². The molecule has 0 aromatic rings. The van der Waals surface area contributed by atoms with Crippen molar-refractivity contribution in [2.75, 3.05) is 32.7 Å². The molecule has 2 unspecified atom stereocenters. The van der Waals surface area contributed by atoms with Crippen LogP contribution in [-0.2, 0) is 4.79 Å². The lowest BCUT2D eigenvalue weighted by Crippen LogP contribution is -2.48. The molecule has 1 N–H and O–H groups in total. The molecular weight excluding hydrogens is 226 g/mol. The molecule has 4 heteroatoms. The molecule has 4 nitrogen and oxygen atoms in total. The first-order valence-electron chi connectivity index (χ1n) is 7.59. The second-order valence-corrected chi connectivity index (χ2v) is 5.93. The fraction of sp³-hybridized carbons (Fsp3) is 0.929. The van der Waals surface area contributed by atoms with Crippen LogP contribution in [0.5, 0.6) is 0 Å². The largest absolute Gasteiger partial charge is 0.340 e. The number of amides is 1. The van der Waals surface area contributed by atoms with Crippen molar-refractivity contribution in [1.82, 2.24) is 15.1 Å². The van der Waals surface area contributed by atoms with Gasteiger partial charge in [-0.25, -0.2) is 0 Å². The van der Waals surface area contributed by atoms with Crippen LogP contribution < -0.4 is 5.32 Å². The predicted octanol–water partition coefficient (Wildman–Crippen LogP) is 0.825. The molecule has 0 saturated carbocycles. The Morgan fingerprint density at radius 3 is 2.39 bits per heavy atom. The zero-order valence-corrected chi connectivity index (χ0v) is 11.2. The number of piperidine rings is 1. The summed E-state index contributed by atoms with van der Waals surface area (Å²) in [4.78, 5) is 16.8. The van der Waals surface area contributed by atoms with E-state index in [1.807, 2.05) is 4.90 Å². The minimum atomic E-state index is 0.362. The number of nitrogens with one attached hydrogen (secondary N) is 1. The van der Waals surface area contributed by atoms with Crippen LogP contribution in [-0.4, -0.2) is 60.5 Å². The van der Waals surface area contributed by atoms with Crippen LogP contribution in [0.15, 0.2) is 0 Å². The van der Waals surface area contributed by atoms with Crippen LogP contribution >= 0.6 is 0 Å². The van der Waals surface area contributed by atoms with Crippen molar-refractivity contribution in [3.05, 3.63) is 0 Å². The molecule has 2 atom stereocenters. The lowest BCUT2D eigenvalue weighted by Gasteiger charge is -2.35. The number of piperazine rings is 1. The maximum absolute atomic E-state index is 12.1. The van der Waals surface area contributed by atoms with Crippen LogP contribution in [0.1, 0.15) is 38.5 Å². The van der Waals surface area contributed by atoms with Crippen molar-refractivity contribution in [2.45, 2.75) is 50.6 Å². The van der Waals surface area contributed by atoms with Gasteiger partial charge in [-0.1, -0.05) is 6.42 Å². The third kappa shape index (κ3) is 2.54.